The maximum absolute atomic E-state index is 12.7. The molecule has 3 aromatic carbocycles. The zero-order chi connectivity index (χ0) is 21.7. The molecule has 0 spiro atoms. The molecule has 0 aliphatic heterocycles. The monoisotopic (exact) mass is 426 g/mol. The van der Waals surface area contributed by atoms with Crippen molar-refractivity contribution in [2.75, 3.05) is 0 Å². The Bertz CT molecular complexity index is 1190. The number of hydrazone groups is 1. The smallest absolute Gasteiger partial charge is 0.258 e. The summed E-state index contributed by atoms with van der Waals surface area (Å²) in [7, 11) is -4.49. The van der Waals surface area contributed by atoms with Gasteiger partial charge in [-0.05, 0) is 6.07 Å². The number of benzene rings is 3. The average Bonchev–Trinajstić information content (AvgIpc) is 2.75. The Hall–Kier alpha value is -4.12. The van der Waals surface area contributed by atoms with Crippen LogP contribution in [0.5, 0.6) is 0 Å². The maximum atomic E-state index is 12.7. The van der Waals surface area contributed by atoms with Gasteiger partial charge in [0.1, 0.15) is 0 Å². The fourth-order valence-electron chi connectivity index (χ4n) is 2.63. The van der Waals surface area contributed by atoms with Gasteiger partial charge in [-0.1, -0.05) is 60.7 Å². The number of nitro groups is 2. The number of hydrogen-bond donors (Lipinski definition) is 1. The van der Waals surface area contributed by atoms with Crippen LogP contribution in [0.2, 0.25) is 0 Å². The standard InChI is InChI=1S/C19H14N4O6S/c24-22(25)16-11-12-18(17(13-16)23(26)27)30(28,29)21-20-19(14-7-3-1-4-8-14)15-9-5-2-6-10-15/h1-13,21H. The lowest BCUT2D eigenvalue weighted by atomic mass is 10.0. The molecule has 0 heterocycles. The van der Waals surface area contributed by atoms with Crippen LogP contribution in [0.3, 0.4) is 0 Å². The van der Waals surface area contributed by atoms with Crippen LogP contribution in [0.25, 0.3) is 0 Å². The molecule has 1 N–H and O–H groups in total. The number of nitro benzene ring substituents is 2. The molecule has 0 aliphatic rings. The van der Waals surface area contributed by atoms with E-state index in [0.29, 0.717) is 22.9 Å². The first-order chi connectivity index (χ1) is 14.3. The lowest BCUT2D eigenvalue weighted by Crippen LogP contribution is -2.22. The Morgan fingerprint density at radius 2 is 1.33 bits per heavy atom. The molecule has 0 atom stereocenters. The first kappa shape index (κ1) is 20.6. The van der Waals surface area contributed by atoms with E-state index in [1.165, 1.54) is 0 Å². The second kappa shape index (κ2) is 8.49. The summed E-state index contributed by atoms with van der Waals surface area (Å²) in [6.45, 7) is 0. The number of hydrogen-bond acceptors (Lipinski definition) is 7. The van der Waals surface area contributed by atoms with Gasteiger partial charge in [0, 0.05) is 17.2 Å². The van der Waals surface area contributed by atoms with Gasteiger partial charge >= 0.3 is 0 Å². The summed E-state index contributed by atoms with van der Waals surface area (Å²) in [5.41, 5.74) is 0.00446. The van der Waals surface area contributed by atoms with Crippen molar-refractivity contribution in [3.63, 3.8) is 0 Å². The molecule has 0 aromatic heterocycles. The second-order valence-electron chi connectivity index (χ2n) is 5.95. The van der Waals surface area contributed by atoms with Gasteiger partial charge in [0.25, 0.3) is 21.4 Å². The number of sulfonamides is 1. The highest BCUT2D eigenvalue weighted by Gasteiger charge is 2.28. The summed E-state index contributed by atoms with van der Waals surface area (Å²) in [4.78, 5) is 21.6. The molecule has 0 unspecified atom stereocenters. The molecule has 0 aliphatic carbocycles. The van der Waals surface area contributed by atoms with E-state index in [4.69, 9.17) is 0 Å². The number of non-ortho nitro benzene ring substituents is 1. The van der Waals surface area contributed by atoms with Crippen LogP contribution >= 0.6 is 0 Å². The van der Waals surface area contributed by atoms with E-state index in [1.54, 1.807) is 60.7 Å². The molecule has 0 fully saturated rings. The minimum absolute atomic E-state index is 0.296. The second-order valence-corrected chi connectivity index (χ2v) is 7.58. The van der Waals surface area contributed by atoms with E-state index in [1.807, 2.05) is 4.83 Å². The Morgan fingerprint density at radius 1 is 0.800 bits per heavy atom. The molecule has 3 aromatic rings. The van der Waals surface area contributed by atoms with Gasteiger partial charge < -0.3 is 0 Å². The van der Waals surface area contributed by atoms with Gasteiger partial charge in [-0.15, -0.1) is 0 Å². The molecule has 30 heavy (non-hydrogen) atoms. The molecule has 11 heteroatoms. The molecule has 10 nitrogen and oxygen atoms in total. The predicted molar refractivity (Wildman–Crippen MR) is 109 cm³/mol. The van der Waals surface area contributed by atoms with Crippen molar-refractivity contribution >= 4 is 27.1 Å². The van der Waals surface area contributed by atoms with E-state index in [0.717, 1.165) is 12.1 Å². The van der Waals surface area contributed by atoms with E-state index in [2.05, 4.69) is 5.10 Å². The zero-order valence-electron chi connectivity index (χ0n) is 15.2. The quantitative estimate of drug-likeness (QED) is 0.349. The van der Waals surface area contributed by atoms with Crippen molar-refractivity contribution < 1.29 is 18.3 Å². The van der Waals surface area contributed by atoms with E-state index < -0.39 is 36.1 Å². The fourth-order valence-corrected chi connectivity index (χ4v) is 3.60. The van der Waals surface area contributed by atoms with Crippen LogP contribution in [0.4, 0.5) is 11.4 Å². The molecule has 0 saturated carbocycles. The minimum Gasteiger partial charge on any atom is -0.258 e. The van der Waals surface area contributed by atoms with Crippen LogP contribution in [0, 0.1) is 20.2 Å². The van der Waals surface area contributed by atoms with Gasteiger partial charge in [0.15, 0.2) is 4.90 Å². The largest absolute Gasteiger partial charge is 0.296 e. The fraction of sp³-hybridized carbons (Fsp3) is 0. The molecule has 0 radical (unpaired) electrons. The van der Waals surface area contributed by atoms with Crippen LogP contribution < -0.4 is 4.83 Å². The third-order valence-electron chi connectivity index (χ3n) is 4.01. The average molecular weight is 426 g/mol. The van der Waals surface area contributed by atoms with E-state index >= 15 is 0 Å². The summed E-state index contributed by atoms with van der Waals surface area (Å²) in [5.74, 6) is 0. The van der Waals surface area contributed by atoms with Crippen LogP contribution in [-0.4, -0.2) is 24.0 Å². The van der Waals surface area contributed by atoms with E-state index in [9.17, 15) is 28.6 Å². The lowest BCUT2D eigenvalue weighted by molar-refractivity contribution is -0.396. The van der Waals surface area contributed by atoms with Crippen molar-refractivity contribution in [3.05, 3.63) is 110 Å². The SMILES string of the molecule is O=[N+]([O-])c1ccc(S(=O)(=O)NN=C(c2ccccc2)c2ccccc2)c([N+](=O)[O-])c1. The highest BCUT2D eigenvalue weighted by atomic mass is 32.2. The summed E-state index contributed by atoms with van der Waals surface area (Å²) in [6, 6.07) is 19.8. The van der Waals surface area contributed by atoms with Crippen molar-refractivity contribution in [1.82, 2.24) is 4.83 Å². The third kappa shape index (κ3) is 4.47. The molecule has 152 valence electrons. The number of nitrogens with zero attached hydrogens (tertiary/aromatic N) is 3. The highest BCUT2D eigenvalue weighted by molar-refractivity contribution is 7.89. The minimum atomic E-state index is -4.49. The van der Waals surface area contributed by atoms with Crippen molar-refractivity contribution in [2.45, 2.75) is 4.90 Å². The van der Waals surface area contributed by atoms with Crippen LogP contribution in [0.15, 0.2) is 88.9 Å². The summed E-state index contributed by atoms with van der Waals surface area (Å²) < 4.78 is 25.4. The molecule has 0 saturated heterocycles. The van der Waals surface area contributed by atoms with E-state index in [-0.39, 0.29) is 0 Å². The molecular formula is C19H14N4O6S. The van der Waals surface area contributed by atoms with Gasteiger partial charge in [-0.3, -0.25) is 20.2 Å². The lowest BCUT2D eigenvalue weighted by Gasteiger charge is -2.09. The Kier molecular flexibility index (Phi) is 5.83. The molecule has 3 rings (SSSR count). The first-order valence-electron chi connectivity index (χ1n) is 8.43. The highest BCUT2D eigenvalue weighted by Crippen LogP contribution is 2.28. The van der Waals surface area contributed by atoms with Crippen molar-refractivity contribution in [1.29, 1.82) is 0 Å². The van der Waals surface area contributed by atoms with Gasteiger partial charge in [0.2, 0.25) is 0 Å². The first-order valence-corrected chi connectivity index (χ1v) is 9.91. The predicted octanol–water partition coefficient (Wildman–Crippen LogP) is 3.23. The Labute approximate surface area is 170 Å². The normalized spacial score (nSPS) is 10.8. The Morgan fingerprint density at radius 3 is 1.80 bits per heavy atom. The number of rotatable bonds is 7. The zero-order valence-corrected chi connectivity index (χ0v) is 16.0. The maximum Gasteiger partial charge on any atom is 0.296 e. The van der Waals surface area contributed by atoms with Crippen molar-refractivity contribution in [2.24, 2.45) is 5.10 Å². The van der Waals surface area contributed by atoms with Gasteiger partial charge in [-0.2, -0.15) is 18.4 Å². The Balaban J connectivity index is 2.06. The summed E-state index contributed by atoms with van der Waals surface area (Å²) in [6.07, 6.45) is 0. The molecular weight excluding hydrogens is 412 g/mol. The summed E-state index contributed by atoms with van der Waals surface area (Å²) in [5, 5.41) is 26.1. The number of nitrogens with one attached hydrogen (secondary N) is 1. The third-order valence-corrected chi connectivity index (χ3v) is 5.27. The molecule has 0 bridgehead atoms. The van der Waals surface area contributed by atoms with Crippen LogP contribution in [-0.2, 0) is 10.0 Å². The van der Waals surface area contributed by atoms with Crippen LogP contribution in [0.1, 0.15) is 11.1 Å². The topological polar surface area (TPSA) is 145 Å². The van der Waals surface area contributed by atoms with Crippen molar-refractivity contribution in [3.8, 4) is 0 Å². The summed E-state index contributed by atoms with van der Waals surface area (Å²) >= 11 is 0. The van der Waals surface area contributed by atoms with Gasteiger partial charge in [-0.25, -0.2) is 0 Å². The van der Waals surface area contributed by atoms with Gasteiger partial charge in [0.05, 0.1) is 21.6 Å². The molecule has 0 amide bonds.